The molecule has 5 heteroatoms. The topological polar surface area (TPSA) is 60.3 Å². The summed E-state index contributed by atoms with van der Waals surface area (Å²) >= 11 is 0. The van der Waals surface area contributed by atoms with Crippen LogP contribution in [0.15, 0.2) is 17.8 Å². The number of hydrogen-bond donors (Lipinski definition) is 0. The molecule has 0 saturated heterocycles. The zero-order valence-corrected chi connectivity index (χ0v) is 7.89. The average Bonchev–Trinajstić information content (AvgIpc) is 2.29. The Labute approximate surface area is 82.2 Å². The monoisotopic (exact) mass is 192 g/mol. The Kier molecular flexibility index (Phi) is 3.00. The lowest BCUT2D eigenvalue weighted by Crippen LogP contribution is -2.06. The van der Waals surface area contributed by atoms with Gasteiger partial charge in [-0.05, 0) is 25.7 Å². The second-order valence-corrected chi connectivity index (χ2v) is 3.23. The van der Waals surface area contributed by atoms with Crippen molar-refractivity contribution in [1.29, 1.82) is 0 Å². The molecule has 0 spiro atoms. The van der Waals surface area contributed by atoms with Crippen LogP contribution >= 0.6 is 0 Å². The van der Waals surface area contributed by atoms with E-state index in [9.17, 15) is 0 Å². The molecule has 0 amide bonds. The molecule has 1 aliphatic rings. The van der Waals surface area contributed by atoms with Crippen LogP contribution in [-0.4, -0.2) is 20.7 Å². The van der Waals surface area contributed by atoms with Crippen molar-refractivity contribution in [2.75, 3.05) is 0 Å². The third kappa shape index (κ3) is 2.48. The molecule has 0 aromatic carbocycles. The van der Waals surface area contributed by atoms with E-state index >= 15 is 0 Å². The highest BCUT2D eigenvalue weighted by Gasteiger charge is 2.07. The first-order chi connectivity index (χ1) is 6.95. The molecule has 0 bridgehead atoms. The molecular weight excluding hydrogens is 180 g/mol. The maximum atomic E-state index is 5.07. The van der Waals surface area contributed by atoms with E-state index in [-0.39, 0.29) is 6.01 Å². The Morgan fingerprint density at radius 2 is 1.79 bits per heavy atom. The van der Waals surface area contributed by atoms with Crippen molar-refractivity contribution >= 4 is 5.71 Å². The van der Waals surface area contributed by atoms with E-state index in [2.05, 4.69) is 20.1 Å². The summed E-state index contributed by atoms with van der Waals surface area (Å²) in [4.78, 5) is 16.4. The van der Waals surface area contributed by atoms with Gasteiger partial charge in [0.2, 0.25) is 0 Å². The van der Waals surface area contributed by atoms with E-state index in [1.54, 1.807) is 0 Å². The summed E-state index contributed by atoms with van der Waals surface area (Å²) in [5, 5.41) is 4.02. The number of hydrogen-bond acceptors (Lipinski definition) is 5. The Balaban J connectivity index is 1.92. The first-order valence-corrected chi connectivity index (χ1v) is 4.80. The maximum absolute atomic E-state index is 5.07. The lowest BCUT2D eigenvalue weighted by atomic mass is 9.99. The predicted octanol–water partition coefficient (Wildman–Crippen LogP) is 1.57. The molecule has 1 saturated carbocycles. The third-order valence-electron chi connectivity index (χ3n) is 2.16. The SMILES string of the molecule is c1ncnc(ON=C2CCCCC2)n1. The number of aromatic nitrogens is 3. The van der Waals surface area contributed by atoms with Crippen molar-refractivity contribution in [3.8, 4) is 6.01 Å². The smallest absolute Gasteiger partial charge is 0.315 e. The lowest BCUT2D eigenvalue weighted by molar-refractivity contribution is 0.307. The highest BCUT2D eigenvalue weighted by Crippen LogP contribution is 2.15. The van der Waals surface area contributed by atoms with Crippen LogP contribution < -0.4 is 4.84 Å². The molecule has 1 aromatic heterocycles. The van der Waals surface area contributed by atoms with E-state index in [0.29, 0.717) is 0 Å². The summed E-state index contributed by atoms with van der Waals surface area (Å²) < 4.78 is 0. The Hall–Kier alpha value is -1.52. The second-order valence-electron chi connectivity index (χ2n) is 3.23. The van der Waals surface area contributed by atoms with Crippen LogP contribution in [0.5, 0.6) is 6.01 Å². The van der Waals surface area contributed by atoms with Crippen molar-refractivity contribution in [1.82, 2.24) is 15.0 Å². The van der Waals surface area contributed by atoms with Crippen LogP contribution in [0.1, 0.15) is 32.1 Å². The van der Waals surface area contributed by atoms with Crippen LogP contribution in [0.4, 0.5) is 0 Å². The van der Waals surface area contributed by atoms with E-state index in [0.717, 1.165) is 18.6 Å². The molecule has 14 heavy (non-hydrogen) atoms. The van der Waals surface area contributed by atoms with Crippen molar-refractivity contribution in [2.45, 2.75) is 32.1 Å². The van der Waals surface area contributed by atoms with Crippen molar-refractivity contribution in [3.05, 3.63) is 12.7 Å². The van der Waals surface area contributed by atoms with Crippen molar-refractivity contribution < 1.29 is 4.84 Å². The lowest BCUT2D eigenvalue weighted by Gasteiger charge is -2.10. The van der Waals surface area contributed by atoms with E-state index in [1.807, 2.05) is 0 Å². The summed E-state index contributed by atoms with van der Waals surface area (Å²) in [6, 6.07) is 0.262. The largest absolute Gasteiger partial charge is 0.348 e. The number of oxime groups is 1. The standard InChI is InChI=1S/C9H12N4O/c1-2-4-8(5-3-1)13-14-9-11-6-10-7-12-9/h6-7H,1-5H2. The molecule has 1 aromatic rings. The van der Waals surface area contributed by atoms with Gasteiger partial charge in [-0.2, -0.15) is 9.97 Å². The quantitative estimate of drug-likeness (QED) is 0.667. The molecule has 0 radical (unpaired) electrons. The fraction of sp³-hybridized carbons (Fsp3) is 0.556. The van der Waals surface area contributed by atoms with Crippen molar-refractivity contribution in [3.63, 3.8) is 0 Å². The zero-order chi connectivity index (χ0) is 9.64. The van der Waals surface area contributed by atoms with Gasteiger partial charge in [-0.1, -0.05) is 11.6 Å². The van der Waals surface area contributed by atoms with Gasteiger partial charge in [-0.3, -0.25) is 0 Å². The number of rotatable bonds is 2. The summed E-state index contributed by atoms with van der Waals surface area (Å²) in [6.07, 6.45) is 8.56. The van der Waals surface area contributed by atoms with E-state index < -0.39 is 0 Å². The van der Waals surface area contributed by atoms with Gasteiger partial charge in [0, 0.05) is 0 Å². The first kappa shape index (κ1) is 9.05. The summed E-state index contributed by atoms with van der Waals surface area (Å²) in [5.74, 6) is 0. The highest BCUT2D eigenvalue weighted by molar-refractivity contribution is 5.84. The molecule has 5 nitrogen and oxygen atoms in total. The van der Waals surface area contributed by atoms with Crippen LogP contribution in [-0.2, 0) is 0 Å². The van der Waals surface area contributed by atoms with Gasteiger partial charge in [0.15, 0.2) is 0 Å². The fourth-order valence-electron chi connectivity index (χ4n) is 1.43. The molecule has 0 aliphatic heterocycles. The summed E-state index contributed by atoms with van der Waals surface area (Å²) in [6.45, 7) is 0. The molecule has 1 aliphatic carbocycles. The molecule has 1 heterocycles. The van der Waals surface area contributed by atoms with Gasteiger partial charge in [-0.15, -0.1) is 0 Å². The van der Waals surface area contributed by atoms with E-state index in [1.165, 1.54) is 31.9 Å². The molecule has 1 fully saturated rings. The average molecular weight is 192 g/mol. The summed E-state index contributed by atoms with van der Waals surface area (Å²) in [7, 11) is 0. The minimum atomic E-state index is 0.262. The molecule has 0 unspecified atom stereocenters. The van der Waals surface area contributed by atoms with Gasteiger partial charge in [-0.25, -0.2) is 4.98 Å². The maximum Gasteiger partial charge on any atom is 0.348 e. The van der Waals surface area contributed by atoms with Crippen LogP contribution in [0.3, 0.4) is 0 Å². The first-order valence-electron chi connectivity index (χ1n) is 4.80. The van der Waals surface area contributed by atoms with Gasteiger partial charge in [0.05, 0.1) is 5.71 Å². The van der Waals surface area contributed by atoms with Gasteiger partial charge >= 0.3 is 6.01 Å². The number of nitrogens with zero attached hydrogens (tertiary/aromatic N) is 4. The summed E-state index contributed by atoms with van der Waals surface area (Å²) in [5.41, 5.74) is 1.11. The minimum Gasteiger partial charge on any atom is -0.315 e. The van der Waals surface area contributed by atoms with Crippen molar-refractivity contribution in [2.24, 2.45) is 5.16 Å². The molecule has 74 valence electrons. The van der Waals surface area contributed by atoms with Crippen LogP contribution in [0, 0.1) is 0 Å². The van der Waals surface area contributed by atoms with Gasteiger partial charge in [0.25, 0.3) is 0 Å². The Morgan fingerprint density at radius 1 is 1.07 bits per heavy atom. The predicted molar refractivity (Wildman–Crippen MR) is 51.0 cm³/mol. The fourth-order valence-corrected chi connectivity index (χ4v) is 1.43. The Bertz CT molecular complexity index is 304. The second kappa shape index (κ2) is 4.64. The minimum absolute atomic E-state index is 0.262. The van der Waals surface area contributed by atoms with E-state index in [4.69, 9.17) is 4.84 Å². The Morgan fingerprint density at radius 3 is 2.50 bits per heavy atom. The van der Waals surface area contributed by atoms with Crippen LogP contribution in [0.2, 0.25) is 0 Å². The molecule has 0 atom stereocenters. The normalized spacial score (nSPS) is 16.4. The molecular formula is C9H12N4O. The van der Waals surface area contributed by atoms with Crippen LogP contribution in [0.25, 0.3) is 0 Å². The zero-order valence-electron chi connectivity index (χ0n) is 7.89. The van der Waals surface area contributed by atoms with Gasteiger partial charge < -0.3 is 4.84 Å². The highest BCUT2D eigenvalue weighted by atomic mass is 16.6. The van der Waals surface area contributed by atoms with Gasteiger partial charge in [0.1, 0.15) is 12.7 Å². The molecule has 0 N–H and O–H groups in total. The third-order valence-corrected chi connectivity index (χ3v) is 2.16. The molecule has 2 rings (SSSR count).